The summed E-state index contributed by atoms with van der Waals surface area (Å²) in [6.07, 6.45) is 0. The quantitative estimate of drug-likeness (QED) is 0.195. The Kier molecular flexibility index (Phi) is 5.48. The second kappa shape index (κ2) is 10.1. The molecule has 0 saturated heterocycles. The number of rotatable bonds is 3. The summed E-state index contributed by atoms with van der Waals surface area (Å²) in [7, 11) is 0. The third kappa shape index (κ3) is 3.89. The lowest BCUT2D eigenvalue weighted by molar-refractivity contribution is 0.959. The van der Waals surface area contributed by atoms with Gasteiger partial charge < -0.3 is 4.98 Å². The number of aromatic nitrogens is 5. The van der Waals surface area contributed by atoms with Crippen molar-refractivity contribution in [2.45, 2.75) is 0 Å². The standard InChI is InChI=1S/C43H25N5S/c1-3-13-27(14-4-1)39-45-40(28-15-5-2-6-16-28)47-43(46-39)48-38-31-18-10-8-12-26(31)21-22-32(38)37-36-34-23-29-20-19-25-11-7-9-17-30(25)33(29)24-35(34)44-41(36)49-42(37)48/h1-24,44H. The van der Waals surface area contributed by atoms with Gasteiger partial charge in [0.25, 0.3) is 0 Å². The third-order valence-corrected chi connectivity index (χ3v) is 10.9. The highest BCUT2D eigenvalue weighted by Crippen LogP contribution is 2.47. The van der Waals surface area contributed by atoms with Crippen LogP contribution in [-0.4, -0.2) is 24.5 Å². The van der Waals surface area contributed by atoms with E-state index in [1.165, 1.54) is 48.5 Å². The molecule has 0 fully saturated rings. The molecule has 0 spiro atoms. The summed E-state index contributed by atoms with van der Waals surface area (Å²) in [5.74, 6) is 1.89. The van der Waals surface area contributed by atoms with Gasteiger partial charge in [-0.2, -0.15) is 9.97 Å². The van der Waals surface area contributed by atoms with Crippen LogP contribution in [0.2, 0.25) is 0 Å². The number of hydrogen-bond acceptors (Lipinski definition) is 4. The second-order valence-corrected chi connectivity index (χ2v) is 13.5. The Morgan fingerprint density at radius 3 is 1.82 bits per heavy atom. The van der Waals surface area contributed by atoms with Gasteiger partial charge in [-0.15, -0.1) is 0 Å². The normalized spacial score (nSPS) is 12.1. The van der Waals surface area contributed by atoms with Gasteiger partial charge in [-0.3, -0.25) is 4.57 Å². The minimum atomic E-state index is 0.606. The summed E-state index contributed by atoms with van der Waals surface area (Å²) in [5.41, 5.74) is 4.15. The lowest BCUT2D eigenvalue weighted by Gasteiger charge is -2.11. The number of fused-ring (bicyclic) bond motifs is 12. The lowest BCUT2D eigenvalue weighted by atomic mass is 9.99. The maximum Gasteiger partial charge on any atom is 0.239 e. The second-order valence-electron chi connectivity index (χ2n) is 12.5. The van der Waals surface area contributed by atoms with E-state index in [0.717, 1.165) is 37.2 Å². The largest absolute Gasteiger partial charge is 0.346 e. The molecular formula is C43H25N5S. The molecule has 0 saturated carbocycles. The first-order valence-electron chi connectivity index (χ1n) is 16.4. The molecule has 4 heterocycles. The van der Waals surface area contributed by atoms with E-state index >= 15 is 0 Å². The molecule has 0 amide bonds. The van der Waals surface area contributed by atoms with E-state index in [1.54, 1.807) is 11.3 Å². The monoisotopic (exact) mass is 643 g/mol. The summed E-state index contributed by atoms with van der Waals surface area (Å²) < 4.78 is 2.27. The van der Waals surface area contributed by atoms with Gasteiger partial charge in [-0.1, -0.05) is 145 Å². The van der Waals surface area contributed by atoms with E-state index < -0.39 is 0 Å². The molecule has 11 rings (SSSR count). The van der Waals surface area contributed by atoms with Crippen molar-refractivity contribution in [3.05, 3.63) is 146 Å². The fourth-order valence-corrected chi connectivity index (χ4v) is 8.79. The Hall–Kier alpha value is -6.37. The van der Waals surface area contributed by atoms with Crippen molar-refractivity contribution < 1.29 is 0 Å². The van der Waals surface area contributed by atoms with Crippen molar-refractivity contribution >= 4 is 85.9 Å². The highest BCUT2D eigenvalue weighted by Gasteiger charge is 2.25. The highest BCUT2D eigenvalue weighted by molar-refractivity contribution is 7.25. The van der Waals surface area contributed by atoms with Gasteiger partial charge in [0.2, 0.25) is 5.95 Å². The fourth-order valence-electron chi connectivity index (χ4n) is 7.55. The Bertz CT molecular complexity index is 3040. The predicted octanol–water partition coefficient (Wildman–Crippen LogP) is 11.5. The molecule has 228 valence electrons. The number of thiophene rings is 1. The van der Waals surface area contributed by atoms with Crippen LogP contribution in [0.1, 0.15) is 0 Å². The summed E-state index contributed by atoms with van der Waals surface area (Å²) in [6, 6.07) is 51.2. The van der Waals surface area contributed by atoms with Gasteiger partial charge in [0.05, 0.1) is 5.52 Å². The summed E-state index contributed by atoms with van der Waals surface area (Å²) in [6.45, 7) is 0. The van der Waals surface area contributed by atoms with E-state index in [9.17, 15) is 0 Å². The predicted molar refractivity (Wildman–Crippen MR) is 205 cm³/mol. The number of H-pyrrole nitrogens is 1. The highest BCUT2D eigenvalue weighted by atomic mass is 32.1. The van der Waals surface area contributed by atoms with Crippen LogP contribution in [0.4, 0.5) is 0 Å². The van der Waals surface area contributed by atoms with Gasteiger partial charge in [0.15, 0.2) is 11.6 Å². The zero-order valence-electron chi connectivity index (χ0n) is 26.1. The number of nitrogens with one attached hydrogen (secondary N) is 1. The van der Waals surface area contributed by atoms with E-state index in [0.29, 0.717) is 17.6 Å². The van der Waals surface area contributed by atoms with Crippen LogP contribution in [0.25, 0.3) is 103 Å². The maximum absolute atomic E-state index is 5.20. The average molecular weight is 644 g/mol. The third-order valence-electron chi connectivity index (χ3n) is 9.77. The summed E-state index contributed by atoms with van der Waals surface area (Å²) in [4.78, 5) is 21.5. The van der Waals surface area contributed by atoms with E-state index in [4.69, 9.17) is 15.0 Å². The van der Waals surface area contributed by atoms with Crippen LogP contribution in [-0.2, 0) is 0 Å². The first-order valence-corrected chi connectivity index (χ1v) is 17.2. The SMILES string of the molecule is c1ccc(-c2nc(-c3ccccc3)nc(-n3c4sc5[nH]c6cc7c(ccc8ccccc87)cc6c5c4c4ccc5ccccc5c43)n2)cc1. The smallest absolute Gasteiger partial charge is 0.239 e. The molecule has 49 heavy (non-hydrogen) atoms. The van der Waals surface area contributed by atoms with Crippen molar-refractivity contribution in [1.29, 1.82) is 0 Å². The number of aromatic amines is 1. The average Bonchev–Trinajstić information content (AvgIpc) is 3.81. The van der Waals surface area contributed by atoms with Gasteiger partial charge in [-0.05, 0) is 39.1 Å². The maximum atomic E-state index is 5.20. The molecule has 0 aliphatic rings. The lowest BCUT2D eigenvalue weighted by Crippen LogP contribution is -2.06. The van der Waals surface area contributed by atoms with E-state index in [1.807, 2.05) is 36.4 Å². The molecule has 0 aliphatic carbocycles. The number of hydrogen-bond donors (Lipinski definition) is 1. The van der Waals surface area contributed by atoms with E-state index in [2.05, 4.69) is 119 Å². The topological polar surface area (TPSA) is 59.4 Å². The zero-order valence-corrected chi connectivity index (χ0v) is 26.9. The van der Waals surface area contributed by atoms with Crippen molar-refractivity contribution in [1.82, 2.24) is 24.5 Å². The molecule has 0 atom stereocenters. The van der Waals surface area contributed by atoms with Crippen molar-refractivity contribution in [3.8, 4) is 28.7 Å². The molecule has 0 bridgehead atoms. The van der Waals surface area contributed by atoms with Crippen LogP contribution in [0, 0.1) is 0 Å². The van der Waals surface area contributed by atoms with Crippen LogP contribution in [0.15, 0.2) is 146 Å². The first-order chi connectivity index (χ1) is 24.3. The van der Waals surface area contributed by atoms with Crippen LogP contribution in [0.3, 0.4) is 0 Å². The first kappa shape index (κ1) is 26.7. The van der Waals surface area contributed by atoms with Crippen LogP contribution >= 0.6 is 11.3 Å². The van der Waals surface area contributed by atoms with Crippen molar-refractivity contribution in [3.63, 3.8) is 0 Å². The van der Waals surface area contributed by atoms with Gasteiger partial charge in [0.1, 0.15) is 9.66 Å². The molecule has 11 aromatic rings. The fraction of sp³-hybridized carbons (Fsp3) is 0. The molecule has 6 heteroatoms. The minimum absolute atomic E-state index is 0.606. The molecule has 0 unspecified atom stereocenters. The summed E-state index contributed by atoms with van der Waals surface area (Å²) in [5, 5.41) is 12.2. The molecule has 1 N–H and O–H groups in total. The Balaban J connectivity index is 1.28. The molecular weight excluding hydrogens is 619 g/mol. The molecule has 5 nitrogen and oxygen atoms in total. The molecule has 0 radical (unpaired) electrons. The van der Waals surface area contributed by atoms with E-state index in [-0.39, 0.29) is 0 Å². The molecule has 4 aromatic heterocycles. The Morgan fingerprint density at radius 1 is 0.469 bits per heavy atom. The minimum Gasteiger partial charge on any atom is -0.346 e. The zero-order chi connectivity index (χ0) is 32.1. The van der Waals surface area contributed by atoms with Gasteiger partial charge in [-0.25, -0.2) is 4.98 Å². The summed E-state index contributed by atoms with van der Waals surface area (Å²) >= 11 is 1.76. The van der Waals surface area contributed by atoms with Gasteiger partial charge >= 0.3 is 0 Å². The number of benzene rings is 7. The number of nitrogens with zero attached hydrogens (tertiary/aromatic N) is 4. The Morgan fingerprint density at radius 2 is 1.08 bits per heavy atom. The molecule has 7 aromatic carbocycles. The van der Waals surface area contributed by atoms with Crippen LogP contribution in [0.5, 0.6) is 0 Å². The van der Waals surface area contributed by atoms with Crippen molar-refractivity contribution in [2.75, 3.05) is 0 Å². The van der Waals surface area contributed by atoms with Crippen molar-refractivity contribution in [2.24, 2.45) is 0 Å². The Labute approximate surface area is 283 Å². The molecule has 0 aliphatic heterocycles. The van der Waals surface area contributed by atoms with Crippen LogP contribution < -0.4 is 0 Å². The van der Waals surface area contributed by atoms with Gasteiger partial charge in [0, 0.05) is 43.6 Å².